The third kappa shape index (κ3) is 1.59. The van der Waals surface area contributed by atoms with Gasteiger partial charge in [-0.25, -0.2) is 4.98 Å². The minimum Gasteiger partial charge on any atom is -0.463 e. The van der Waals surface area contributed by atoms with Crippen LogP contribution in [0.4, 0.5) is 0 Å². The van der Waals surface area contributed by atoms with E-state index in [0.29, 0.717) is 5.69 Å². The van der Waals surface area contributed by atoms with Gasteiger partial charge in [0.05, 0.1) is 11.1 Å². The van der Waals surface area contributed by atoms with E-state index in [-0.39, 0.29) is 0 Å². The Morgan fingerprint density at radius 1 is 1.25 bits per heavy atom. The fraction of sp³-hybridized carbons (Fsp3) is 0. The van der Waals surface area contributed by atoms with Crippen molar-refractivity contribution in [2.45, 2.75) is 0 Å². The predicted molar refractivity (Wildman–Crippen MR) is 79.5 cm³/mol. The maximum absolute atomic E-state index is 11.5. The zero-order valence-corrected chi connectivity index (χ0v) is 11.8. The summed E-state index contributed by atoms with van der Waals surface area (Å²) < 4.78 is 7.28. The second kappa shape index (κ2) is 4.43. The number of hydrogen-bond acceptors (Lipinski definition) is 5. The van der Waals surface area contributed by atoms with Gasteiger partial charge in [0.1, 0.15) is 17.1 Å². The van der Waals surface area contributed by atoms with Gasteiger partial charge in [-0.2, -0.15) is 0 Å². The Labute approximate surface area is 121 Å². The van der Waals surface area contributed by atoms with E-state index in [1.165, 1.54) is 11.3 Å². The molecule has 0 bridgehead atoms. The van der Waals surface area contributed by atoms with Crippen molar-refractivity contribution in [1.29, 1.82) is 0 Å². The van der Waals surface area contributed by atoms with Crippen LogP contribution in [0.5, 0.6) is 0 Å². The second-order valence-corrected chi connectivity index (χ2v) is 5.94. The summed E-state index contributed by atoms with van der Waals surface area (Å²) in [5, 5.41) is 3.93. The summed E-state index contributed by atoms with van der Waals surface area (Å²) in [5.74, 6) is 0.731. The fourth-order valence-electron chi connectivity index (χ4n) is 2.18. The molecule has 0 aliphatic carbocycles. The van der Waals surface area contributed by atoms with E-state index in [1.54, 1.807) is 17.6 Å². The van der Waals surface area contributed by atoms with Crippen molar-refractivity contribution in [3.8, 4) is 22.0 Å². The number of nitrogens with zero attached hydrogens (tertiary/aromatic N) is 2. The molecule has 0 aliphatic heterocycles. The van der Waals surface area contributed by atoms with E-state index in [0.717, 1.165) is 33.3 Å². The van der Waals surface area contributed by atoms with Crippen molar-refractivity contribution in [2.24, 2.45) is 0 Å². The average molecular weight is 300 g/mol. The van der Waals surface area contributed by atoms with E-state index in [4.69, 9.17) is 4.42 Å². The molecule has 0 N–H and O–H groups in total. The van der Waals surface area contributed by atoms with E-state index < -0.39 is 0 Å². The quantitative estimate of drug-likeness (QED) is 0.533. The molecule has 0 aliphatic rings. The van der Waals surface area contributed by atoms with E-state index in [1.807, 2.05) is 39.4 Å². The van der Waals surface area contributed by atoms with Gasteiger partial charge in [-0.3, -0.25) is 9.20 Å². The van der Waals surface area contributed by atoms with Crippen molar-refractivity contribution in [2.75, 3.05) is 0 Å². The summed E-state index contributed by atoms with van der Waals surface area (Å²) in [7, 11) is 0. The highest BCUT2D eigenvalue weighted by Gasteiger charge is 2.19. The first kappa shape index (κ1) is 11.6. The minimum atomic E-state index is 0.565. The van der Waals surface area contributed by atoms with Crippen LogP contribution in [0.2, 0.25) is 0 Å². The highest BCUT2D eigenvalue weighted by molar-refractivity contribution is 7.15. The number of thiazole rings is 1. The molecular formula is C14H8N2O2S2. The van der Waals surface area contributed by atoms with Gasteiger partial charge in [0, 0.05) is 5.38 Å². The Bertz CT molecular complexity index is 870. The molecule has 0 amide bonds. The third-order valence-corrected chi connectivity index (χ3v) is 4.74. The molecular weight excluding hydrogens is 292 g/mol. The van der Waals surface area contributed by atoms with Crippen LogP contribution in [0.15, 0.2) is 45.7 Å². The molecule has 0 saturated carbocycles. The fourth-order valence-corrected chi connectivity index (χ4v) is 3.79. The minimum absolute atomic E-state index is 0.565. The molecule has 0 aromatic carbocycles. The Morgan fingerprint density at radius 3 is 2.90 bits per heavy atom. The van der Waals surface area contributed by atoms with Gasteiger partial charge in [-0.1, -0.05) is 6.07 Å². The molecule has 0 radical (unpaired) electrons. The van der Waals surface area contributed by atoms with Crippen LogP contribution in [0.25, 0.3) is 27.0 Å². The number of aldehydes is 1. The van der Waals surface area contributed by atoms with Crippen LogP contribution < -0.4 is 0 Å². The van der Waals surface area contributed by atoms with Crippen molar-refractivity contribution in [1.82, 2.24) is 9.38 Å². The first-order valence-electron chi connectivity index (χ1n) is 5.91. The monoisotopic (exact) mass is 300 g/mol. The van der Waals surface area contributed by atoms with E-state index >= 15 is 0 Å². The molecule has 4 rings (SSSR count). The first-order chi connectivity index (χ1) is 9.88. The number of imidazole rings is 1. The average Bonchev–Trinajstić information content (AvgIpc) is 3.21. The van der Waals surface area contributed by atoms with Crippen LogP contribution in [-0.2, 0) is 0 Å². The zero-order valence-electron chi connectivity index (χ0n) is 10.1. The molecule has 0 atom stereocenters. The lowest BCUT2D eigenvalue weighted by Crippen LogP contribution is -1.92. The van der Waals surface area contributed by atoms with Gasteiger partial charge in [0.2, 0.25) is 0 Å². The van der Waals surface area contributed by atoms with Gasteiger partial charge < -0.3 is 4.42 Å². The number of furan rings is 1. The lowest BCUT2D eigenvalue weighted by molar-refractivity contribution is 0.111. The van der Waals surface area contributed by atoms with Crippen molar-refractivity contribution in [3.05, 3.63) is 47.0 Å². The molecule has 4 aromatic rings. The van der Waals surface area contributed by atoms with Crippen molar-refractivity contribution in [3.63, 3.8) is 0 Å². The van der Waals surface area contributed by atoms with Gasteiger partial charge in [0.15, 0.2) is 17.0 Å². The SMILES string of the molecule is O=Cc1c(-c2cccs2)nc2scc(-c3ccco3)n12. The lowest BCUT2D eigenvalue weighted by Gasteiger charge is -1.98. The number of thiophene rings is 1. The van der Waals surface area contributed by atoms with E-state index in [2.05, 4.69) is 4.98 Å². The maximum atomic E-state index is 11.5. The van der Waals surface area contributed by atoms with Gasteiger partial charge in [-0.05, 0) is 23.6 Å². The van der Waals surface area contributed by atoms with Crippen LogP contribution in [0, 0.1) is 0 Å². The topological polar surface area (TPSA) is 47.5 Å². The van der Waals surface area contributed by atoms with Crippen molar-refractivity contribution >= 4 is 33.9 Å². The summed E-state index contributed by atoms with van der Waals surface area (Å²) in [4.78, 5) is 17.9. The summed E-state index contributed by atoms with van der Waals surface area (Å²) in [5.41, 5.74) is 2.15. The highest BCUT2D eigenvalue weighted by Crippen LogP contribution is 2.33. The molecule has 0 unspecified atom stereocenters. The van der Waals surface area contributed by atoms with Crippen LogP contribution in [-0.4, -0.2) is 15.7 Å². The number of fused-ring (bicyclic) bond motifs is 1. The molecule has 98 valence electrons. The number of carbonyl (C=O) groups is 1. The second-order valence-electron chi connectivity index (χ2n) is 4.16. The lowest BCUT2D eigenvalue weighted by atomic mass is 10.3. The van der Waals surface area contributed by atoms with Crippen LogP contribution in [0.1, 0.15) is 10.5 Å². The normalized spacial score (nSPS) is 11.2. The molecule has 0 spiro atoms. The van der Waals surface area contributed by atoms with Crippen molar-refractivity contribution < 1.29 is 9.21 Å². The van der Waals surface area contributed by atoms with Crippen LogP contribution in [0.3, 0.4) is 0 Å². The number of hydrogen-bond donors (Lipinski definition) is 0. The summed E-state index contributed by atoms with van der Waals surface area (Å²) in [6.07, 6.45) is 2.48. The molecule has 6 heteroatoms. The predicted octanol–water partition coefficient (Wildman–Crippen LogP) is 4.20. The largest absolute Gasteiger partial charge is 0.463 e. The standard InChI is InChI=1S/C14H8N2O2S2/c17-7-9-13(12-4-2-6-19-12)15-14-16(9)10(8-20-14)11-3-1-5-18-11/h1-8H. The summed E-state index contributed by atoms with van der Waals surface area (Å²) in [6.45, 7) is 0. The molecule has 4 aromatic heterocycles. The molecule has 4 heterocycles. The van der Waals surface area contributed by atoms with Gasteiger partial charge in [0.25, 0.3) is 0 Å². The number of aromatic nitrogens is 2. The Morgan fingerprint density at radius 2 is 2.20 bits per heavy atom. The van der Waals surface area contributed by atoms with Gasteiger partial charge in [-0.15, -0.1) is 22.7 Å². The number of rotatable bonds is 3. The zero-order chi connectivity index (χ0) is 13.5. The molecule has 0 fully saturated rings. The number of carbonyl (C=O) groups excluding carboxylic acids is 1. The highest BCUT2D eigenvalue weighted by atomic mass is 32.1. The molecule has 4 nitrogen and oxygen atoms in total. The van der Waals surface area contributed by atoms with E-state index in [9.17, 15) is 4.79 Å². The Kier molecular flexibility index (Phi) is 2.58. The van der Waals surface area contributed by atoms with Gasteiger partial charge >= 0.3 is 0 Å². The third-order valence-electron chi connectivity index (χ3n) is 3.04. The summed E-state index contributed by atoms with van der Waals surface area (Å²) in [6, 6.07) is 7.63. The Balaban J connectivity index is 2.03. The molecule has 0 saturated heterocycles. The molecule has 20 heavy (non-hydrogen) atoms. The first-order valence-corrected chi connectivity index (χ1v) is 7.67. The Hall–Kier alpha value is -2.18. The maximum Gasteiger partial charge on any atom is 0.195 e. The smallest absolute Gasteiger partial charge is 0.195 e. The van der Waals surface area contributed by atoms with Crippen LogP contribution >= 0.6 is 22.7 Å². The summed E-state index contributed by atoms with van der Waals surface area (Å²) >= 11 is 3.07.